The third-order valence-electron chi connectivity index (χ3n) is 3.53. The van der Waals surface area contributed by atoms with Crippen LogP contribution in [0.25, 0.3) is 11.3 Å². The molecule has 0 atom stereocenters. The van der Waals surface area contributed by atoms with Crippen molar-refractivity contribution in [3.63, 3.8) is 0 Å². The molecule has 3 rings (SSSR count). The largest absolute Gasteiger partial charge is 0.360 e. The lowest BCUT2D eigenvalue weighted by Gasteiger charge is -2.07. The summed E-state index contributed by atoms with van der Waals surface area (Å²) in [6.07, 6.45) is 0. The Morgan fingerprint density at radius 1 is 1.09 bits per heavy atom. The molecule has 23 heavy (non-hydrogen) atoms. The summed E-state index contributed by atoms with van der Waals surface area (Å²) in [5.41, 5.74) is 3.34. The molecule has 2 aromatic carbocycles. The SMILES string of the molecule is Cc1ccc(NC(=O)c2c(-c3ccccc3Cl)noc2C)cc1. The Morgan fingerprint density at radius 2 is 1.78 bits per heavy atom. The molecule has 0 unspecified atom stereocenters. The Labute approximate surface area is 139 Å². The van der Waals surface area contributed by atoms with Crippen molar-refractivity contribution in [3.8, 4) is 11.3 Å². The fourth-order valence-corrected chi connectivity index (χ4v) is 2.53. The smallest absolute Gasteiger partial charge is 0.261 e. The molecular formula is C18H15ClN2O2. The van der Waals surface area contributed by atoms with Gasteiger partial charge in [-0.1, -0.05) is 52.7 Å². The van der Waals surface area contributed by atoms with Gasteiger partial charge in [-0.05, 0) is 32.0 Å². The van der Waals surface area contributed by atoms with Crippen molar-refractivity contribution in [2.45, 2.75) is 13.8 Å². The van der Waals surface area contributed by atoms with E-state index in [0.717, 1.165) is 5.56 Å². The first kappa shape index (κ1) is 15.3. The van der Waals surface area contributed by atoms with Crippen LogP contribution in [0.1, 0.15) is 21.7 Å². The van der Waals surface area contributed by atoms with Gasteiger partial charge in [0.2, 0.25) is 0 Å². The molecule has 0 saturated carbocycles. The lowest BCUT2D eigenvalue weighted by Crippen LogP contribution is -2.13. The lowest BCUT2D eigenvalue weighted by molar-refractivity contribution is 0.102. The zero-order valence-electron chi connectivity index (χ0n) is 12.8. The fraction of sp³-hybridized carbons (Fsp3) is 0.111. The first-order valence-corrected chi connectivity index (χ1v) is 7.53. The number of halogens is 1. The maximum atomic E-state index is 12.6. The molecule has 0 bridgehead atoms. The van der Waals surface area contributed by atoms with Gasteiger partial charge in [0.15, 0.2) is 0 Å². The standard InChI is InChI=1S/C18H15ClN2O2/c1-11-7-9-13(10-8-11)20-18(22)16-12(2)23-21-17(16)14-5-3-4-6-15(14)19/h3-10H,1-2H3,(H,20,22). The Hall–Kier alpha value is -2.59. The zero-order valence-corrected chi connectivity index (χ0v) is 13.5. The number of aryl methyl sites for hydroxylation is 2. The molecule has 1 aromatic heterocycles. The summed E-state index contributed by atoms with van der Waals surface area (Å²) >= 11 is 6.21. The molecule has 3 aromatic rings. The topological polar surface area (TPSA) is 55.1 Å². The quantitative estimate of drug-likeness (QED) is 0.747. The van der Waals surface area contributed by atoms with E-state index in [1.165, 1.54) is 0 Å². The molecule has 0 aliphatic rings. The number of hydrogen-bond donors (Lipinski definition) is 1. The Morgan fingerprint density at radius 3 is 2.48 bits per heavy atom. The molecular weight excluding hydrogens is 312 g/mol. The second-order valence-corrected chi connectivity index (χ2v) is 5.67. The minimum Gasteiger partial charge on any atom is -0.360 e. The highest BCUT2D eigenvalue weighted by atomic mass is 35.5. The zero-order chi connectivity index (χ0) is 16.4. The number of benzene rings is 2. The third kappa shape index (κ3) is 3.12. The molecule has 0 aliphatic heterocycles. The van der Waals surface area contributed by atoms with Gasteiger partial charge in [-0.15, -0.1) is 0 Å². The van der Waals surface area contributed by atoms with E-state index < -0.39 is 0 Å². The van der Waals surface area contributed by atoms with Gasteiger partial charge in [0.25, 0.3) is 5.91 Å². The normalized spacial score (nSPS) is 10.6. The van der Waals surface area contributed by atoms with Crippen molar-refractivity contribution in [1.29, 1.82) is 0 Å². The minimum absolute atomic E-state index is 0.275. The highest BCUT2D eigenvalue weighted by Gasteiger charge is 2.23. The van der Waals surface area contributed by atoms with Crippen LogP contribution in [0.2, 0.25) is 5.02 Å². The average molecular weight is 327 g/mol. The third-order valence-corrected chi connectivity index (χ3v) is 3.86. The van der Waals surface area contributed by atoms with Crippen molar-refractivity contribution < 1.29 is 9.32 Å². The van der Waals surface area contributed by atoms with E-state index in [2.05, 4.69) is 10.5 Å². The van der Waals surface area contributed by atoms with Gasteiger partial charge in [0.1, 0.15) is 17.0 Å². The Kier molecular flexibility index (Phi) is 4.17. The van der Waals surface area contributed by atoms with Crippen LogP contribution >= 0.6 is 11.6 Å². The number of carbonyl (C=O) groups is 1. The number of aromatic nitrogens is 1. The van der Waals surface area contributed by atoms with Crippen LogP contribution in [0.15, 0.2) is 53.1 Å². The van der Waals surface area contributed by atoms with Gasteiger partial charge in [-0.2, -0.15) is 0 Å². The summed E-state index contributed by atoms with van der Waals surface area (Å²) in [4.78, 5) is 12.6. The van der Waals surface area contributed by atoms with Crippen molar-refractivity contribution in [2.75, 3.05) is 5.32 Å². The minimum atomic E-state index is -0.275. The van der Waals surface area contributed by atoms with Gasteiger partial charge < -0.3 is 9.84 Å². The van der Waals surface area contributed by atoms with Crippen molar-refractivity contribution in [3.05, 3.63) is 70.4 Å². The summed E-state index contributed by atoms with van der Waals surface area (Å²) in [5, 5.41) is 7.38. The van der Waals surface area contributed by atoms with Crippen LogP contribution in [-0.4, -0.2) is 11.1 Å². The van der Waals surface area contributed by atoms with E-state index in [-0.39, 0.29) is 5.91 Å². The van der Waals surface area contributed by atoms with Crippen LogP contribution in [0.3, 0.4) is 0 Å². The number of nitrogens with zero attached hydrogens (tertiary/aromatic N) is 1. The molecule has 1 heterocycles. The lowest BCUT2D eigenvalue weighted by atomic mass is 10.1. The van der Waals surface area contributed by atoms with E-state index in [1.54, 1.807) is 13.0 Å². The molecule has 1 N–H and O–H groups in total. The van der Waals surface area contributed by atoms with Gasteiger partial charge in [-0.25, -0.2) is 0 Å². The molecule has 0 radical (unpaired) electrons. The van der Waals surface area contributed by atoms with E-state index in [4.69, 9.17) is 16.1 Å². The van der Waals surface area contributed by atoms with E-state index >= 15 is 0 Å². The average Bonchev–Trinajstić information content (AvgIpc) is 2.91. The number of hydrogen-bond acceptors (Lipinski definition) is 3. The number of anilines is 1. The Balaban J connectivity index is 1.97. The summed E-state index contributed by atoms with van der Waals surface area (Å²) in [6.45, 7) is 3.70. The molecule has 0 spiro atoms. The second-order valence-electron chi connectivity index (χ2n) is 5.26. The highest BCUT2D eigenvalue weighted by molar-refractivity contribution is 6.33. The first-order chi connectivity index (χ1) is 11.1. The first-order valence-electron chi connectivity index (χ1n) is 7.15. The number of nitrogens with one attached hydrogen (secondary N) is 1. The van der Waals surface area contributed by atoms with Gasteiger partial charge in [0.05, 0.1) is 5.02 Å². The van der Waals surface area contributed by atoms with Crippen molar-refractivity contribution in [1.82, 2.24) is 5.16 Å². The van der Waals surface area contributed by atoms with Crippen LogP contribution < -0.4 is 5.32 Å². The number of rotatable bonds is 3. The maximum Gasteiger partial charge on any atom is 0.261 e. The van der Waals surface area contributed by atoms with Crippen LogP contribution in [0, 0.1) is 13.8 Å². The summed E-state index contributed by atoms with van der Waals surface area (Å²) in [5.74, 6) is 0.173. The summed E-state index contributed by atoms with van der Waals surface area (Å²) in [7, 11) is 0. The predicted molar refractivity (Wildman–Crippen MR) is 90.8 cm³/mol. The van der Waals surface area contributed by atoms with Gasteiger partial charge in [-0.3, -0.25) is 4.79 Å². The van der Waals surface area contributed by atoms with Gasteiger partial charge >= 0.3 is 0 Å². The monoisotopic (exact) mass is 326 g/mol. The molecule has 5 heteroatoms. The predicted octanol–water partition coefficient (Wildman–Crippen LogP) is 4.86. The Bertz CT molecular complexity index is 854. The van der Waals surface area contributed by atoms with Crippen molar-refractivity contribution >= 4 is 23.2 Å². The van der Waals surface area contributed by atoms with Crippen LogP contribution in [0.5, 0.6) is 0 Å². The van der Waals surface area contributed by atoms with E-state index in [0.29, 0.717) is 33.3 Å². The van der Waals surface area contributed by atoms with Crippen LogP contribution in [-0.2, 0) is 0 Å². The van der Waals surface area contributed by atoms with Crippen molar-refractivity contribution in [2.24, 2.45) is 0 Å². The van der Waals surface area contributed by atoms with E-state index in [9.17, 15) is 4.79 Å². The van der Waals surface area contributed by atoms with Crippen LogP contribution in [0.4, 0.5) is 5.69 Å². The number of amides is 1. The molecule has 116 valence electrons. The molecule has 0 fully saturated rings. The maximum absolute atomic E-state index is 12.6. The number of carbonyl (C=O) groups excluding carboxylic acids is 1. The van der Waals surface area contributed by atoms with E-state index in [1.807, 2.05) is 49.4 Å². The molecule has 1 amide bonds. The van der Waals surface area contributed by atoms with Gasteiger partial charge in [0, 0.05) is 11.3 Å². The summed E-state index contributed by atoms with van der Waals surface area (Å²) < 4.78 is 5.21. The fourth-order valence-electron chi connectivity index (χ4n) is 2.31. The summed E-state index contributed by atoms with van der Waals surface area (Å²) in [6, 6.07) is 14.8. The molecule has 4 nitrogen and oxygen atoms in total. The molecule has 0 saturated heterocycles. The molecule has 0 aliphatic carbocycles. The highest BCUT2D eigenvalue weighted by Crippen LogP contribution is 2.31. The second kappa shape index (κ2) is 6.26.